The summed E-state index contributed by atoms with van der Waals surface area (Å²) in [5.41, 5.74) is -1.06. The number of nitrogens with one attached hydrogen (secondary N) is 1. The maximum atomic E-state index is 13.4. The molecule has 1 aromatic heterocycles. The highest BCUT2D eigenvalue weighted by molar-refractivity contribution is 5.80. The Kier molecular flexibility index (Phi) is 3.82. The standard InChI is InChI=1S/C15H17F2N3O2/c1-2-19-5-3-9(4-6-19)20-15(22)11-8-13(17)12(16)7-10(11)14(21)18-20/h7-9H,2-6H2,1H3,(H,18,21). The van der Waals surface area contributed by atoms with Gasteiger partial charge in [-0.05, 0) is 31.5 Å². The van der Waals surface area contributed by atoms with Gasteiger partial charge in [0, 0.05) is 13.1 Å². The SMILES string of the molecule is CCN1CCC(n2[nH]c(=O)c3cc(F)c(F)cc3c2=O)CC1. The lowest BCUT2D eigenvalue weighted by molar-refractivity contribution is 0.184. The number of nitrogens with zero attached hydrogens (tertiary/aromatic N) is 2. The smallest absolute Gasteiger partial charge is 0.273 e. The van der Waals surface area contributed by atoms with Crippen molar-refractivity contribution < 1.29 is 8.78 Å². The van der Waals surface area contributed by atoms with Crippen LogP contribution in [0, 0.1) is 11.6 Å². The summed E-state index contributed by atoms with van der Waals surface area (Å²) >= 11 is 0. The summed E-state index contributed by atoms with van der Waals surface area (Å²) in [5, 5.41) is 2.31. The van der Waals surface area contributed by atoms with Crippen molar-refractivity contribution in [1.29, 1.82) is 0 Å². The third kappa shape index (κ3) is 2.45. The van der Waals surface area contributed by atoms with Gasteiger partial charge in [-0.1, -0.05) is 6.92 Å². The van der Waals surface area contributed by atoms with E-state index in [2.05, 4.69) is 16.9 Å². The third-order valence-corrected chi connectivity index (χ3v) is 4.35. The molecule has 0 spiro atoms. The zero-order chi connectivity index (χ0) is 15.9. The van der Waals surface area contributed by atoms with Crippen molar-refractivity contribution >= 4 is 10.8 Å². The van der Waals surface area contributed by atoms with Crippen LogP contribution >= 0.6 is 0 Å². The number of hydrogen-bond acceptors (Lipinski definition) is 3. The summed E-state index contributed by atoms with van der Waals surface area (Å²) in [6.07, 6.45) is 1.47. The van der Waals surface area contributed by atoms with Crippen LogP contribution in [0.5, 0.6) is 0 Å². The summed E-state index contributed by atoms with van der Waals surface area (Å²) in [7, 11) is 0. The Balaban J connectivity index is 2.09. The van der Waals surface area contributed by atoms with Crippen LogP contribution in [0.2, 0.25) is 0 Å². The number of aromatic nitrogens is 2. The number of H-pyrrole nitrogens is 1. The lowest BCUT2D eigenvalue weighted by atomic mass is 10.0. The van der Waals surface area contributed by atoms with E-state index in [0.29, 0.717) is 0 Å². The Morgan fingerprint density at radius 1 is 1.14 bits per heavy atom. The average Bonchev–Trinajstić information content (AvgIpc) is 2.53. The molecule has 0 saturated carbocycles. The lowest BCUT2D eigenvalue weighted by Crippen LogP contribution is -2.40. The van der Waals surface area contributed by atoms with Gasteiger partial charge in [0.15, 0.2) is 11.6 Å². The van der Waals surface area contributed by atoms with Gasteiger partial charge in [-0.25, -0.2) is 13.5 Å². The van der Waals surface area contributed by atoms with Crippen LogP contribution in [0.4, 0.5) is 8.78 Å². The number of fused-ring (bicyclic) bond motifs is 1. The number of likely N-dealkylation sites (tertiary alicyclic amines) is 1. The molecule has 0 radical (unpaired) electrons. The fourth-order valence-electron chi connectivity index (χ4n) is 3.01. The summed E-state index contributed by atoms with van der Waals surface area (Å²) in [6, 6.07) is 1.45. The van der Waals surface area contributed by atoms with Crippen molar-refractivity contribution in [3.05, 3.63) is 44.5 Å². The highest BCUT2D eigenvalue weighted by atomic mass is 19.2. The Labute approximate surface area is 125 Å². The van der Waals surface area contributed by atoms with Gasteiger partial charge >= 0.3 is 0 Å². The molecular weight excluding hydrogens is 292 g/mol. The molecule has 22 heavy (non-hydrogen) atoms. The van der Waals surface area contributed by atoms with E-state index in [4.69, 9.17) is 0 Å². The maximum absolute atomic E-state index is 13.4. The predicted molar refractivity (Wildman–Crippen MR) is 79.1 cm³/mol. The molecule has 3 rings (SSSR count). The molecule has 1 aliphatic rings. The molecule has 118 valence electrons. The fraction of sp³-hybridized carbons (Fsp3) is 0.467. The van der Waals surface area contributed by atoms with Crippen LogP contribution in [-0.2, 0) is 0 Å². The molecule has 1 saturated heterocycles. The van der Waals surface area contributed by atoms with E-state index in [-0.39, 0.29) is 16.8 Å². The van der Waals surface area contributed by atoms with Gasteiger partial charge in [0.05, 0.1) is 16.8 Å². The van der Waals surface area contributed by atoms with Crippen LogP contribution in [0.1, 0.15) is 25.8 Å². The second-order valence-electron chi connectivity index (χ2n) is 5.59. The zero-order valence-corrected chi connectivity index (χ0v) is 12.2. The monoisotopic (exact) mass is 309 g/mol. The molecule has 1 aromatic carbocycles. The second-order valence-corrected chi connectivity index (χ2v) is 5.59. The molecule has 0 atom stereocenters. The first-order valence-corrected chi connectivity index (χ1v) is 7.37. The van der Waals surface area contributed by atoms with Crippen molar-refractivity contribution in [1.82, 2.24) is 14.7 Å². The first-order chi connectivity index (χ1) is 10.5. The van der Waals surface area contributed by atoms with Crippen molar-refractivity contribution in [2.24, 2.45) is 0 Å². The van der Waals surface area contributed by atoms with E-state index < -0.39 is 22.8 Å². The van der Waals surface area contributed by atoms with E-state index in [1.165, 1.54) is 4.68 Å². The minimum Gasteiger partial charge on any atom is -0.303 e. The van der Waals surface area contributed by atoms with Crippen molar-refractivity contribution in [2.75, 3.05) is 19.6 Å². The maximum Gasteiger partial charge on any atom is 0.273 e. The average molecular weight is 309 g/mol. The Bertz CT molecular complexity index is 820. The van der Waals surface area contributed by atoms with Crippen LogP contribution in [0.15, 0.2) is 21.7 Å². The van der Waals surface area contributed by atoms with E-state index in [1.807, 2.05) is 0 Å². The molecule has 5 nitrogen and oxygen atoms in total. The normalized spacial score (nSPS) is 17.2. The topological polar surface area (TPSA) is 58.1 Å². The van der Waals surface area contributed by atoms with E-state index in [1.54, 1.807) is 0 Å². The molecule has 1 aliphatic heterocycles. The van der Waals surface area contributed by atoms with Gasteiger partial charge in [-0.3, -0.25) is 14.7 Å². The van der Waals surface area contributed by atoms with E-state index >= 15 is 0 Å². The molecule has 0 amide bonds. The van der Waals surface area contributed by atoms with Crippen LogP contribution < -0.4 is 11.1 Å². The van der Waals surface area contributed by atoms with E-state index in [9.17, 15) is 18.4 Å². The van der Waals surface area contributed by atoms with Crippen molar-refractivity contribution in [3.63, 3.8) is 0 Å². The first-order valence-electron chi connectivity index (χ1n) is 7.37. The Hall–Kier alpha value is -2.02. The summed E-state index contributed by atoms with van der Waals surface area (Å²) in [4.78, 5) is 26.8. The largest absolute Gasteiger partial charge is 0.303 e. The van der Waals surface area contributed by atoms with Crippen LogP contribution in [-0.4, -0.2) is 34.3 Å². The summed E-state index contributed by atoms with van der Waals surface area (Å²) in [5.74, 6) is -2.26. The minimum atomic E-state index is -1.13. The zero-order valence-electron chi connectivity index (χ0n) is 12.2. The fourth-order valence-corrected chi connectivity index (χ4v) is 3.01. The Morgan fingerprint density at radius 3 is 2.32 bits per heavy atom. The Morgan fingerprint density at radius 2 is 1.73 bits per heavy atom. The number of hydrogen-bond donors (Lipinski definition) is 1. The first kappa shape index (κ1) is 14.9. The molecule has 2 heterocycles. The summed E-state index contributed by atoms with van der Waals surface area (Å²) < 4.78 is 27.9. The summed E-state index contributed by atoms with van der Waals surface area (Å²) in [6.45, 7) is 4.69. The molecule has 7 heteroatoms. The lowest BCUT2D eigenvalue weighted by Gasteiger charge is -2.31. The molecule has 0 aliphatic carbocycles. The van der Waals surface area contributed by atoms with Crippen LogP contribution in [0.25, 0.3) is 10.8 Å². The van der Waals surface area contributed by atoms with E-state index in [0.717, 1.165) is 44.6 Å². The molecular formula is C15H17F2N3O2. The third-order valence-electron chi connectivity index (χ3n) is 4.35. The molecule has 1 fully saturated rings. The van der Waals surface area contributed by atoms with Crippen molar-refractivity contribution in [3.8, 4) is 0 Å². The highest BCUT2D eigenvalue weighted by Gasteiger charge is 2.22. The second kappa shape index (κ2) is 5.64. The predicted octanol–water partition coefficient (Wildman–Crippen LogP) is 1.62. The van der Waals surface area contributed by atoms with Gasteiger partial charge < -0.3 is 4.90 Å². The highest BCUT2D eigenvalue weighted by Crippen LogP contribution is 2.20. The molecule has 0 unspecified atom stereocenters. The molecule has 1 N–H and O–H groups in total. The molecule has 0 bridgehead atoms. The van der Waals surface area contributed by atoms with Gasteiger partial charge in [-0.2, -0.15) is 0 Å². The number of benzene rings is 1. The number of halogens is 2. The quantitative estimate of drug-likeness (QED) is 0.917. The number of piperidine rings is 1. The van der Waals surface area contributed by atoms with Crippen molar-refractivity contribution in [2.45, 2.75) is 25.8 Å². The number of aromatic amines is 1. The van der Waals surface area contributed by atoms with Gasteiger partial charge in [-0.15, -0.1) is 0 Å². The number of rotatable bonds is 2. The van der Waals surface area contributed by atoms with Gasteiger partial charge in [0.25, 0.3) is 11.1 Å². The van der Waals surface area contributed by atoms with Gasteiger partial charge in [0.2, 0.25) is 0 Å². The molecule has 2 aromatic rings. The minimum absolute atomic E-state index is 0.0828. The van der Waals surface area contributed by atoms with Crippen LogP contribution in [0.3, 0.4) is 0 Å². The van der Waals surface area contributed by atoms with Gasteiger partial charge in [0.1, 0.15) is 0 Å².